The molecule has 1 aromatic rings. The smallest absolute Gasteiger partial charge is 0.211 e. The van der Waals surface area contributed by atoms with Crippen molar-refractivity contribution < 1.29 is 8.42 Å². The van der Waals surface area contributed by atoms with E-state index < -0.39 is 10.0 Å². The van der Waals surface area contributed by atoms with Crippen molar-refractivity contribution in [3.05, 3.63) is 23.9 Å². The third kappa shape index (κ3) is 4.66. The Labute approximate surface area is 127 Å². The molecule has 1 fully saturated rings. The summed E-state index contributed by atoms with van der Waals surface area (Å²) in [5, 5.41) is 3.34. The second kappa shape index (κ2) is 7.20. The van der Waals surface area contributed by atoms with E-state index in [1.54, 1.807) is 0 Å². The van der Waals surface area contributed by atoms with Crippen molar-refractivity contribution in [2.75, 3.05) is 43.9 Å². The summed E-state index contributed by atoms with van der Waals surface area (Å²) in [7, 11) is -3.08. The van der Waals surface area contributed by atoms with E-state index in [-0.39, 0.29) is 0 Å². The Morgan fingerprint density at radius 2 is 1.95 bits per heavy atom. The number of rotatable bonds is 6. The van der Waals surface area contributed by atoms with Crippen LogP contribution in [-0.4, -0.2) is 56.7 Å². The topological polar surface area (TPSA) is 65.5 Å². The molecule has 1 N–H and O–H groups in total. The minimum absolute atomic E-state index is 0.527. The van der Waals surface area contributed by atoms with Crippen molar-refractivity contribution in [2.45, 2.75) is 19.9 Å². The van der Waals surface area contributed by atoms with Gasteiger partial charge in [-0.25, -0.2) is 13.4 Å². The lowest BCUT2D eigenvalue weighted by Gasteiger charge is -2.34. The maximum Gasteiger partial charge on any atom is 0.211 e. The van der Waals surface area contributed by atoms with E-state index in [0.717, 1.165) is 31.0 Å². The third-order valence-corrected chi connectivity index (χ3v) is 4.86. The maximum absolute atomic E-state index is 11.5. The average molecular weight is 312 g/mol. The van der Waals surface area contributed by atoms with Gasteiger partial charge in [-0.3, -0.25) is 0 Å². The van der Waals surface area contributed by atoms with Gasteiger partial charge in [0.25, 0.3) is 0 Å². The third-order valence-electron chi connectivity index (χ3n) is 3.56. The Morgan fingerprint density at radius 3 is 2.57 bits per heavy atom. The largest absolute Gasteiger partial charge is 0.354 e. The summed E-state index contributed by atoms with van der Waals surface area (Å²) in [6.07, 6.45) is 2.37. The van der Waals surface area contributed by atoms with Crippen LogP contribution in [0.25, 0.3) is 0 Å². The van der Waals surface area contributed by atoms with Crippen molar-refractivity contribution >= 4 is 15.8 Å². The normalized spacial score (nSPS) is 17.1. The van der Waals surface area contributed by atoms with E-state index in [1.165, 1.54) is 10.6 Å². The van der Waals surface area contributed by atoms with E-state index in [2.05, 4.69) is 22.1 Å². The molecule has 118 valence electrons. The molecule has 0 aromatic carbocycles. The molecule has 0 saturated carbocycles. The molecule has 0 unspecified atom stereocenters. The first-order chi connectivity index (χ1) is 10.0. The standard InChI is InChI=1S/C14H24N4O2S/c1-3-7-15-12-13-5-4-6-14(16-13)17-8-10-18(11-9-17)21(2,19)20/h4-6,15H,3,7-12H2,1-2H3. The number of pyridine rings is 1. The zero-order valence-electron chi connectivity index (χ0n) is 12.7. The Morgan fingerprint density at radius 1 is 1.24 bits per heavy atom. The monoisotopic (exact) mass is 312 g/mol. The highest BCUT2D eigenvalue weighted by atomic mass is 32.2. The van der Waals surface area contributed by atoms with Crippen LogP contribution in [0.1, 0.15) is 19.0 Å². The summed E-state index contributed by atoms with van der Waals surface area (Å²) in [6, 6.07) is 6.01. The van der Waals surface area contributed by atoms with E-state index in [4.69, 9.17) is 0 Å². The Bertz CT molecular complexity index is 554. The molecule has 1 aromatic heterocycles. The van der Waals surface area contributed by atoms with Crippen LogP contribution in [0.4, 0.5) is 5.82 Å². The van der Waals surface area contributed by atoms with Crippen LogP contribution < -0.4 is 10.2 Å². The van der Waals surface area contributed by atoms with E-state index >= 15 is 0 Å². The highest BCUT2D eigenvalue weighted by Gasteiger charge is 2.23. The molecule has 1 aliphatic rings. The van der Waals surface area contributed by atoms with Crippen LogP contribution >= 0.6 is 0 Å². The van der Waals surface area contributed by atoms with Gasteiger partial charge in [0.1, 0.15) is 5.82 Å². The van der Waals surface area contributed by atoms with E-state index in [1.807, 2.05) is 18.2 Å². The quantitative estimate of drug-likeness (QED) is 0.782. The first kappa shape index (κ1) is 16.2. The van der Waals surface area contributed by atoms with Gasteiger partial charge < -0.3 is 10.2 Å². The van der Waals surface area contributed by atoms with Gasteiger partial charge in [-0.2, -0.15) is 4.31 Å². The van der Waals surface area contributed by atoms with Crippen molar-refractivity contribution in [3.8, 4) is 0 Å². The van der Waals surface area contributed by atoms with Gasteiger partial charge in [0, 0.05) is 32.7 Å². The number of aromatic nitrogens is 1. The Balaban J connectivity index is 1.95. The van der Waals surface area contributed by atoms with Gasteiger partial charge in [0.2, 0.25) is 10.0 Å². The molecule has 0 aliphatic carbocycles. The van der Waals surface area contributed by atoms with Gasteiger partial charge in [-0.05, 0) is 25.1 Å². The molecule has 21 heavy (non-hydrogen) atoms. The first-order valence-electron chi connectivity index (χ1n) is 7.37. The Hall–Kier alpha value is -1.18. The predicted molar refractivity (Wildman–Crippen MR) is 84.9 cm³/mol. The number of anilines is 1. The minimum atomic E-state index is -3.08. The van der Waals surface area contributed by atoms with Crippen LogP contribution in [0, 0.1) is 0 Å². The second-order valence-corrected chi connectivity index (χ2v) is 7.30. The number of hydrogen-bond acceptors (Lipinski definition) is 5. The predicted octanol–water partition coefficient (Wildman–Crippen LogP) is 0.663. The number of nitrogens with one attached hydrogen (secondary N) is 1. The highest BCUT2D eigenvalue weighted by molar-refractivity contribution is 7.88. The minimum Gasteiger partial charge on any atom is -0.354 e. The lowest BCUT2D eigenvalue weighted by Crippen LogP contribution is -2.48. The van der Waals surface area contributed by atoms with Crippen LogP contribution in [0.15, 0.2) is 18.2 Å². The molecule has 1 aliphatic heterocycles. The van der Waals surface area contributed by atoms with Crippen molar-refractivity contribution in [1.29, 1.82) is 0 Å². The average Bonchev–Trinajstić information content (AvgIpc) is 2.47. The second-order valence-electron chi connectivity index (χ2n) is 5.31. The number of sulfonamides is 1. The number of hydrogen-bond donors (Lipinski definition) is 1. The first-order valence-corrected chi connectivity index (χ1v) is 9.22. The summed E-state index contributed by atoms with van der Waals surface area (Å²) in [6.45, 7) is 6.32. The van der Waals surface area contributed by atoms with Crippen LogP contribution in [0.2, 0.25) is 0 Å². The molecular formula is C14H24N4O2S. The van der Waals surface area contributed by atoms with Crippen LogP contribution in [0.3, 0.4) is 0 Å². The van der Waals surface area contributed by atoms with Crippen molar-refractivity contribution in [1.82, 2.24) is 14.6 Å². The molecule has 0 atom stereocenters. The molecule has 1 saturated heterocycles. The molecule has 0 spiro atoms. The summed E-state index contributed by atoms with van der Waals surface area (Å²) >= 11 is 0. The highest BCUT2D eigenvalue weighted by Crippen LogP contribution is 2.15. The zero-order valence-corrected chi connectivity index (χ0v) is 13.6. The number of piperazine rings is 1. The fraction of sp³-hybridized carbons (Fsp3) is 0.643. The van der Waals surface area contributed by atoms with Crippen molar-refractivity contribution in [2.24, 2.45) is 0 Å². The van der Waals surface area contributed by atoms with Gasteiger partial charge >= 0.3 is 0 Å². The van der Waals surface area contributed by atoms with Crippen LogP contribution in [0.5, 0.6) is 0 Å². The summed E-state index contributed by atoms with van der Waals surface area (Å²) < 4.78 is 24.6. The fourth-order valence-electron chi connectivity index (χ4n) is 2.38. The molecular weight excluding hydrogens is 288 g/mol. The lowest BCUT2D eigenvalue weighted by atomic mass is 10.3. The molecule has 2 heterocycles. The van der Waals surface area contributed by atoms with Gasteiger partial charge in [-0.1, -0.05) is 13.0 Å². The fourth-order valence-corrected chi connectivity index (χ4v) is 3.21. The Kier molecular flexibility index (Phi) is 5.55. The van der Waals surface area contributed by atoms with Crippen LogP contribution in [-0.2, 0) is 16.6 Å². The molecule has 6 nitrogen and oxygen atoms in total. The zero-order chi connectivity index (χ0) is 15.3. The van der Waals surface area contributed by atoms with Gasteiger partial charge in [-0.15, -0.1) is 0 Å². The summed E-state index contributed by atoms with van der Waals surface area (Å²) in [4.78, 5) is 6.79. The SMILES string of the molecule is CCCNCc1cccc(N2CCN(S(C)(=O)=O)CC2)n1. The molecule has 0 amide bonds. The maximum atomic E-state index is 11.5. The van der Waals surface area contributed by atoms with E-state index in [9.17, 15) is 8.42 Å². The molecule has 0 bridgehead atoms. The number of nitrogens with zero attached hydrogens (tertiary/aromatic N) is 3. The van der Waals surface area contributed by atoms with E-state index in [0.29, 0.717) is 26.2 Å². The summed E-state index contributed by atoms with van der Waals surface area (Å²) in [5.74, 6) is 0.930. The van der Waals surface area contributed by atoms with Crippen molar-refractivity contribution in [3.63, 3.8) is 0 Å². The lowest BCUT2D eigenvalue weighted by molar-refractivity contribution is 0.387. The van der Waals surface area contributed by atoms with Gasteiger partial charge in [0.05, 0.1) is 11.9 Å². The van der Waals surface area contributed by atoms with Gasteiger partial charge in [0.15, 0.2) is 0 Å². The summed E-state index contributed by atoms with van der Waals surface area (Å²) in [5.41, 5.74) is 1.02. The molecule has 7 heteroatoms. The molecule has 0 radical (unpaired) electrons. The molecule has 2 rings (SSSR count).